The van der Waals surface area contributed by atoms with Crippen LogP contribution in [0.2, 0.25) is 0 Å². The predicted octanol–water partition coefficient (Wildman–Crippen LogP) is 4.66. The van der Waals surface area contributed by atoms with Crippen LogP contribution in [0.5, 0.6) is 0 Å². The zero-order chi connectivity index (χ0) is 24.9. The van der Waals surface area contributed by atoms with Crippen LogP contribution in [0.1, 0.15) is 17.2 Å². The van der Waals surface area contributed by atoms with E-state index in [-0.39, 0.29) is 11.3 Å². The van der Waals surface area contributed by atoms with Crippen molar-refractivity contribution in [3.63, 3.8) is 0 Å². The Kier molecular flexibility index (Phi) is 5.28. The summed E-state index contributed by atoms with van der Waals surface area (Å²) in [6, 6.07) is 17.2. The first-order chi connectivity index (χ1) is 16.7. The number of nitro benzene ring substituents is 1. The molecule has 8 nitrogen and oxygen atoms in total. The van der Waals surface area contributed by atoms with Gasteiger partial charge in [0.05, 0.1) is 27.4 Å². The predicted molar refractivity (Wildman–Crippen MR) is 117 cm³/mol. The van der Waals surface area contributed by atoms with Gasteiger partial charge in [0.25, 0.3) is 11.6 Å². The zero-order valence-corrected chi connectivity index (χ0v) is 17.8. The van der Waals surface area contributed by atoms with E-state index in [0.29, 0.717) is 10.6 Å². The number of hydroxylamine groups is 1. The van der Waals surface area contributed by atoms with Crippen molar-refractivity contribution in [3.8, 4) is 0 Å². The molecule has 0 radical (unpaired) electrons. The minimum absolute atomic E-state index is 0.0981. The zero-order valence-electron chi connectivity index (χ0n) is 17.8. The number of hydrogen-bond acceptors (Lipinski definition) is 6. The Hall–Kier alpha value is -4.25. The van der Waals surface area contributed by atoms with Crippen molar-refractivity contribution < 1.29 is 32.5 Å². The fourth-order valence-corrected chi connectivity index (χ4v) is 4.58. The number of nitrogens with zero attached hydrogens (tertiary/aromatic N) is 3. The number of rotatable bonds is 4. The van der Waals surface area contributed by atoms with Gasteiger partial charge >= 0.3 is 6.18 Å². The maximum atomic E-state index is 13.6. The number of carbonyl (C=O) groups excluding carboxylic acids is 2. The fraction of sp³-hybridized carbons (Fsp3) is 0.167. The summed E-state index contributed by atoms with van der Waals surface area (Å²) in [5.74, 6) is -3.22. The number of imide groups is 1. The van der Waals surface area contributed by atoms with Crippen LogP contribution < -0.4 is 9.96 Å². The summed E-state index contributed by atoms with van der Waals surface area (Å²) in [5, 5.41) is 13.0. The molecular weight excluding hydrogens is 467 g/mol. The van der Waals surface area contributed by atoms with E-state index in [1.807, 2.05) is 0 Å². The number of alkyl halides is 3. The minimum Gasteiger partial charge on any atom is -0.273 e. The van der Waals surface area contributed by atoms with Gasteiger partial charge in [-0.05, 0) is 30.3 Å². The molecule has 0 N–H and O–H groups in total. The minimum atomic E-state index is -4.82. The van der Waals surface area contributed by atoms with Crippen molar-refractivity contribution in [2.45, 2.75) is 18.3 Å². The number of anilines is 2. The van der Waals surface area contributed by atoms with Crippen LogP contribution in [-0.4, -0.2) is 22.8 Å². The van der Waals surface area contributed by atoms with Crippen molar-refractivity contribution in [3.05, 3.63) is 100 Å². The van der Waals surface area contributed by atoms with Crippen molar-refractivity contribution in [2.24, 2.45) is 5.92 Å². The maximum Gasteiger partial charge on any atom is 0.418 e. The number of amides is 2. The van der Waals surface area contributed by atoms with Crippen molar-refractivity contribution in [1.82, 2.24) is 0 Å². The second-order valence-electron chi connectivity index (χ2n) is 8.00. The molecule has 35 heavy (non-hydrogen) atoms. The van der Waals surface area contributed by atoms with Gasteiger partial charge in [-0.25, -0.2) is 9.96 Å². The molecule has 0 aromatic heterocycles. The summed E-state index contributed by atoms with van der Waals surface area (Å²) in [6.07, 6.45) is -6.28. The van der Waals surface area contributed by atoms with E-state index in [1.54, 1.807) is 30.3 Å². The maximum absolute atomic E-state index is 13.6. The third-order valence-electron chi connectivity index (χ3n) is 6.03. The van der Waals surface area contributed by atoms with Gasteiger partial charge in [0.2, 0.25) is 5.91 Å². The van der Waals surface area contributed by atoms with Crippen molar-refractivity contribution >= 4 is 28.9 Å². The molecule has 3 atom stereocenters. The summed E-state index contributed by atoms with van der Waals surface area (Å²) in [5.41, 5.74) is -1.55. The molecule has 11 heteroatoms. The van der Waals surface area contributed by atoms with Crippen molar-refractivity contribution in [1.29, 1.82) is 0 Å². The molecule has 178 valence electrons. The van der Waals surface area contributed by atoms with Crippen LogP contribution >= 0.6 is 0 Å². The van der Waals surface area contributed by atoms with Crippen LogP contribution in [0.4, 0.5) is 30.2 Å². The van der Waals surface area contributed by atoms with Crippen LogP contribution in [0, 0.1) is 16.0 Å². The van der Waals surface area contributed by atoms with Crippen LogP contribution in [-0.2, 0) is 20.6 Å². The lowest BCUT2D eigenvalue weighted by Gasteiger charge is -2.29. The second-order valence-corrected chi connectivity index (χ2v) is 8.00. The number of nitro groups is 1. The van der Waals surface area contributed by atoms with Crippen molar-refractivity contribution in [2.75, 3.05) is 9.96 Å². The van der Waals surface area contributed by atoms with Gasteiger partial charge in [0.1, 0.15) is 12.0 Å². The number of halogens is 3. The first-order valence-corrected chi connectivity index (χ1v) is 10.5. The molecule has 2 aliphatic rings. The Morgan fingerprint density at radius 1 is 0.857 bits per heavy atom. The van der Waals surface area contributed by atoms with Crippen LogP contribution in [0.15, 0.2) is 78.9 Å². The van der Waals surface area contributed by atoms with E-state index in [9.17, 15) is 32.9 Å². The molecule has 3 aromatic carbocycles. The lowest BCUT2D eigenvalue weighted by Crippen LogP contribution is -2.38. The quantitative estimate of drug-likeness (QED) is 0.304. The monoisotopic (exact) mass is 483 g/mol. The highest BCUT2D eigenvalue weighted by molar-refractivity contribution is 6.24. The van der Waals surface area contributed by atoms with E-state index in [0.717, 1.165) is 18.2 Å². The number of benzene rings is 3. The highest BCUT2D eigenvalue weighted by Crippen LogP contribution is 2.50. The molecule has 2 aliphatic heterocycles. The van der Waals surface area contributed by atoms with Gasteiger partial charge < -0.3 is 0 Å². The molecule has 0 aliphatic carbocycles. The number of carbonyl (C=O) groups is 2. The largest absolute Gasteiger partial charge is 0.418 e. The average molecular weight is 483 g/mol. The number of fused-ring (bicyclic) bond motifs is 1. The molecule has 2 fully saturated rings. The topological polar surface area (TPSA) is 93.0 Å². The molecular formula is C24H16F3N3O5. The number of para-hydroxylation sites is 3. The first-order valence-electron chi connectivity index (χ1n) is 10.5. The molecule has 0 unspecified atom stereocenters. The lowest BCUT2D eigenvalue weighted by molar-refractivity contribution is -0.385. The molecule has 3 aromatic rings. The normalized spacial score (nSPS) is 22.0. The number of hydrogen-bond donors (Lipinski definition) is 0. The summed E-state index contributed by atoms with van der Waals surface area (Å²) in [6.45, 7) is 0. The molecule has 5 rings (SSSR count). The summed E-state index contributed by atoms with van der Waals surface area (Å²) < 4.78 is 40.9. The molecule has 0 spiro atoms. The fourth-order valence-electron chi connectivity index (χ4n) is 4.58. The van der Waals surface area contributed by atoms with Gasteiger partial charge in [0, 0.05) is 6.07 Å². The van der Waals surface area contributed by atoms with E-state index in [1.165, 1.54) is 35.4 Å². The first kappa shape index (κ1) is 22.5. The third kappa shape index (κ3) is 3.60. The summed E-state index contributed by atoms with van der Waals surface area (Å²) in [7, 11) is 0. The van der Waals surface area contributed by atoms with Gasteiger partial charge in [-0.1, -0.05) is 42.5 Å². The average Bonchev–Trinajstić information content (AvgIpc) is 3.35. The van der Waals surface area contributed by atoms with Crippen LogP contribution in [0.3, 0.4) is 0 Å². The molecule has 2 amide bonds. The molecule has 0 bridgehead atoms. The lowest BCUT2D eigenvalue weighted by atomic mass is 9.89. The van der Waals surface area contributed by atoms with Crippen LogP contribution in [0.25, 0.3) is 0 Å². The van der Waals surface area contributed by atoms with Gasteiger partial charge in [0.15, 0.2) is 6.10 Å². The third-order valence-corrected chi connectivity index (χ3v) is 6.03. The van der Waals surface area contributed by atoms with Gasteiger partial charge in [-0.2, -0.15) is 13.2 Å². The second kappa shape index (κ2) is 8.20. The highest BCUT2D eigenvalue weighted by atomic mass is 19.4. The summed E-state index contributed by atoms with van der Waals surface area (Å²) >= 11 is 0. The Balaban J connectivity index is 1.65. The molecule has 2 saturated heterocycles. The van der Waals surface area contributed by atoms with Gasteiger partial charge in [-0.3, -0.25) is 24.5 Å². The van der Waals surface area contributed by atoms with E-state index < -0.39 is 52.2 Å². The molecule has 2 heterocycles. The Morgan fingerprint density at radius 3 is 2.17 bits per heavy atom. The molecule has 0 saturated carbocycles. The Morgan fingerprint density at radius 2 is 1.49 bits per heavy atom. The van der Waals surface area contributed by atoms with E-state index in [4.69, 9.17) is 4.84 Å². The van der Waals surface area contributed by atoms with E-state index >= 15 is 0 Å². The highest BCUT2D eigenvalue weighted by Gasteiger charge is 2.61. The van der Waals surface area contributed by atoms with Gasteiger partial charge in [-0.15, -0.1) is 0 Å². The Bertz CT molecular complexity index is 1330. The Labute approximate surface area is 196 Å². The standard InChI is InChI=1S/C24H16F3N3O5/c25-24(26,27)16-11-5-7-13-18(16)28-22(31)19-20(15-10-4-6-12-17(15)30(33)34)29(35-21(19)23(28)32)14-8-2-1-3-9-14/h1-13,19-21H/t19-,20+,21-/m1/s1. The SMILES string of the molecule is O=C1[C@H]2[C@@H](ON(c3ccccc3)[C@H]2c2ccccc2[N+](=O)[O-])C(=O)N1c1ccccc1C(F)(F)F. The summed E-state index contributed by atoms with van der Waals surface area (Å²) in [4.78, 5) is 44.3. The van der Waals surface area contributed by atoms with E-state index in [2.05, 4.69) is 0 Å². The smallest absolute Gasteiger partial charge is 0.273 e.